The Labute approximate surface area is 163 Å². The highest BCUT2D eigenvalue weighted by molar-refractivity contribution is 5.77. The number of aromatic amines is 1. The standard InChI is InChI=1S/C21H24N4O3/c1-15(25(2)16-8-4-3-5-9-16)12-22-20(26)14-28-13-19-23-18-11-7-6-10-17(18)21(27)24-19/h3-11,15H,12-14H2,1-2H3,(H,22,26)(H,23,24,27)/t15-/m1/s1. The molecule has 0 aliphatic heterocycles. The normalized spacial score (nSPS) is 11.9. The second-order valence-electron chi connectivity index (χ2n) is 6.62. The molecule has 1 heterocycles. The highest BCUT2D eigenvalue weighted by atomic mass is 16.5. The van der Waals surface area contributed by atoms with Gasteiger partial charge in [0.15, 0.2) is 0 Å². The van der Waals surface area contributed by atoms with Crippen molar-refractivity contribution in [2.45, 2.75) is 19.6 Å². The maximum atomic E-state index is 12.0. The summed E-state index contributed by atoms with van der Waals surface area (Å²) in [6.07, 6.45) is 0. The Balaban J connectivity index is 1.45. The van der Waals surface area contributed by atoms with Gasteiger partial charge in [0.2, 0.25) is 5.91 Å². The van der Waals surface area contributed by atoms with E-state index < -0.39 is 0 Å². The van der Waals surface area contributed by atoms with E-state index in [0.717, 1.165) is 5.69 Å². The minimum atomic E-state index is -0.216. The van der Waals surface area contributed by atoms with Crippen molar-refractivity contribution < 1.29 is 9.53 Å². The van der Waals surface area contributed by atoms with Gasteiger partial charge in [-0.25, -0.2) is 4.98 Å². The third-order valence-corrected chi connectivity index (χ3v) is 4.55. The number of anilines is 1. The van der Waals surface area contributed by atoms with Gasteiger partial charge >= 0.3 is 0 Å². The van der Waals surface area contributed by atoms with E-state index in [2.05, 4.69) is 20.2 Å². The van der Waals surface area contributed by atoms with Gasteiger partial charge in [0.25, 0.3) is 5.56 Å². The maximum Gasteiger partial charge on any atom is 0.258 e. The molecule has 0 saturated heterocycles. The van der Waals surface area contributed by atoms with Crippen LogP contribution in [0, 0.1) is 0 Å². The number of carbonyl (C=O) groups is 1. The summed E-state index contributed by atoms with van der Waals surface area (Å²) in [6.45, 7) is 2.50. The number of para-hydroxylation sites is 2. The predicted molar refractivity (Wildman–Crippen MR) is 109 cm³/mol. The van der Waals surface area contributed by atoms with Crippen LogP contribution in [0.25, 0.3) is 10.9 Å². The van der Waals surface area contributed by atoms with Gasteiger partial charge in [-0.15, -0.1) is 0 Å². The van der Waals surface area contributed by atoms with Crippen LogP contribution in [0.2, 0.25) is 0 Å². The number of nitrogens with one attached hydrogen (secondary N) is 2. The zero-order chi connectivity index (χ0) is 19.9. The SMILES string of the molecule is C[C@H](CNC(=O)COCc1nc2ccccc2c(=O)[nH]1)N(C)c1ccccc1. The zero-order valence-corrected chi connectivity index (χ0v) is 16.0. The quantitative estimate of drug-likeness (QED) is 0.625. The lowest BCUT2D eigenvalue weighted by Crippen LogP contribution is -2.41. The average Bonchev–Trinajstić information content (AvgIpc) is 2.72. The fraction of sp³-hybridized carbons (Fsp3) is 0.286. The first-order chi connectivity index (χ1) is 13.5. The average molecular weight is 380 g/mol. The van der Waals surface area contributed by atoms with Gasteiger partial charge in [-0.2, -0.15) is 0 Å². The molecule has 0 spiro atoms. The Morgan fingerprint density at radius 2 is 1.89 bits per heavy atom. The Bertz CT molecular complexity index is 988. The van der Waals surface area contributed by atoms with Gasteiger partial charge in [-0.1, -0.05) is 30.3 Å². The minimum absolute atomic E-state index is 0.0625. The molecule has 7 heteroatoms. The van der Waals surface area contributed by atoms with Crippen LogP contribution >= 0.6 is 0 Å². The first-order valence-electron chi connectivity index (χ1n) is 9.15. The fourth-order valence-corrected chi connectivity index (χ4v) is 2.81. The van der Waals surface area contributed by atoms with Crippen LogP contribution in [0.1, 0.15) is 12.7 Å². The number of nitrogens with zero attached hydrogens (tertiary/aromatic N) is 2. The van der Waals surface area contributed by atoms with Crippen LogP contribution in [0.5, 0.6) is 0 Å². The zero-order valence-electron chi connectivity index (χ0n) is 16.0. The second-order valence-corrected chi connectivity index (χ2v) is 6.62. The van der Waals surface area contributed by atoms with Crippen LogP contribution in [0.15, 0.2) is 59.4 Å². The van der Waals surface area contributed by atoms with Gasteiger partial charge in [-0.3, -0.25) is 9.59 Å². The molecule has 3 rings (SSSR count). The molecule has 0 bridgehead atoms. The summed E-state index contributed by atoms with van der Waals surface area (Å²) in [4.78, 5) is 33.2. The number of amides is 1. The molecule has 0 fully saturated rings. The summed E-state index contributed by atoms with van der Waals surface area (Å²) >= 11 is 0. The van der Waals surface area contributed by atoms with Gasteiger partial charge in [-0.05, 0) is 31.2 Å². The lowest BCUT2D eigenvalue weighted by molar-refractivity contribution is -0.126. The first-order valence-corrected chi connectivity index (χ1v) is 9.15. The summed E-state index contributed by atoms with van der Waals surface area (Å²) in [7, 11) is 1.99. The molecule has 1 aromatic heterocycles. The number of H-pyrrole nitrogens is 1. The number of likely N-dealkylation sites (N-methyl/N-ethyl adjacent to an activating group) is 1. The van der Waals surface area contributed by atoms with Gasteiger partial charge in [0.1, 0.15) is 19.0 Å². The number of rotatable bonds is 8. The fourth-order valence-electron chi connectivity index (χ4n) is 2.81. The summed E-state index contributed by atoms with van der Waals surface area (Å²) in [5, 5.41) is 3.39. The first kappa shape index (κ1) is 19.6. The van der Waals surface area contributed by atoms with E-state index in [0.29, 0.717) is 23.3 Å². The molecule has 0 aliphatic rings. The molecular weight excluding hydrogens is 356 g/mol. The number of hydrogen-bond donors (Lipinski definition) is 2. The number of benzene rings is 2. The molecule has 0 unspecified atom stereocenters. The lowest BCUT2D eigenvalue weighted by Gasteiger charge is -2.27. The van der Waals surface area contributed by atoms with Crippen LogP contribution in [-0.2, 0) is 16.1 Å². The van der Waals surface area contributed by atoms with Crippen molar-refractivity contribution in [3.8, 4) is 0 Å². The summed E-state index contributed by atoms with van der Waals surface area (Å²) in [5.74, 6) is 0.185. The maximum absolute atomic E-state index is 12.0. The number of fused-ring (bicyclic) bond motifs is 1. The van der Waals surface area contributed by atoms with E-state index in [9.17, 15) is 9.59 Å². The van der Waals surface area contributed by atoms with Crippen molar-refractivity contribution in [3.63, 3.8) is 0 Å². The largest absolute Gasteiger partial charge is 0.370 e. The van der Waals surface area contributed by atoms with E-state index >= 15 is 0 Å². The number of hydrogen-bond acceptors (Lipinski definition) is 5. The molecule has 0 aliphatic carbocycles. The number of aromatic nitrogens is 2. The van der Waals surface area contributed by atoms with E-state index in [1.807, 2.05) is 50.4 Å². The smallest absolute Gasteiger partial charge is 0.258 e. The molecular formula is C21H24N4O3. The molecule has 1 amide bonds. The van der Waals surface area contributed by atoms with E-state index in [1.165, 1.54) is 0 Å². The molecule has 7 nitrogen and oxygen atoms in total. The Morgan fingerprint density at radius 1 is 1.18 bits per heavy atom. The summed E-state index contributed by atoms with van der Waals surface area (Å²) in [6, 6.07) is 17.2. The lowest BCUT2D eigenvalue weighted by atomic mass is 10.2. The van der Waals surface area contributed by atoms with E-state index in [4.69, 9.17) is 4.74 Å². The third kappa shape index (κ3) is 4.95. The van der Waals surface area contributed by atoms with Crippen molar-refractivity contribution in [3.05, 3.63) is 70.8 Å². The topological polar surface area (TPSA) is 87.3 Å². The molecule has 1 atom stereocenters. The van der Waals surface area contributed by atoms with Crippen LogP contribution in [-0.4, -0.2) is 42.1 Å². The third-order valence-electron chi connectivity index (χ3n) is 4.55. The van der Waals surface area contributed by atoms with E-state index in [1.54, 1.807) is 18.2 Å². The Kier molecular flexibility index (Phi) is 6.39. The second kappa shape index (κ2) is 9.14. The minimum Gasteiger partial charge on any atom is -0.370 e. The van der Waals surface area contributed by atoms with Crippen LogP contribution < -0.4 is 15.8 Å². The molecule has 146 valence electrons. The molecule has 2 aromatic carbocycles. The van der Waals surface area contributed by atoms with Crippen molar-refractivity contribution in [2.24, 2.45) is 0 Å². The Hall–Kier alpha value is -3.19. The van der Waals surface area contributed by atoms with Gasteiger partial charge in [0, 0.05) is 25.3 Å². The van der Waals surface area contributed by atoms with Crippen molar-refractivity contribution in [1.29, 1.82) is 0 Å². The highest BCUT2D eigenvalue weighted by Crippen LogP contribution is 2.13. The number of ether oxygens (including phenoxy) is 1. The van der Waals surface area contributed by atoms with Crippen LogP contribution in [0.3, 0.4) is 0 Å². The van der Waals surface area contributed by atoms with Crippen molar-refractivity contribution in [2.75, 3.05) is 25.1 Å². The van der Waals surface area contributed by atoms with Gasteiger partial charge in [0.05, 0.1) is 10.9 Å². The molecule has 0 radical (unpaired) electrons. The molecule has 2 N–H and O–H groups in total. The summed E-state index contributed by atoms with van der Waals surface area (Å²) < 4.78 is 5.40. The van der Waals surface area contributed by atoms with Crippen LogP contribution in [0.4, 0.5) is 5.69 Å². The van der Waals surface area contributed by atoms with Crippen molar-refractivity contribution in [1.82, 2.24) is 15.3 Å². The highest BCUT2D eigenvalue weighted by Gasteiger charge is 2.11. The van der Waals surface area contributed by atoms with E-state index in [-0.39, 0.29) is 30.7 Å². The number of carbonyl (C=O) groups excluding carboxylic acids is 1. The molecule has 3 aromatic rings. The van der Waals surface area contributed by atoms with Gasteiger partial charge < -0.3 is 19.9 Å². The summed E-state index contributed by atoms with van der Waals surface area (Å²) in [5.41, 5.74) is 1.48. The molecule has 28 heavy (non-hydrogen) atoms. The Morgan fingerprint density at radius 3 is 2.68 bits per heavy atom. The van der Waals surface area contributed by atoms with Crippen molar-refractivity contribution >= 4 is 22.5 Å². The molecule has 0 saturated carbocycles. The predicted octanol–water partition coefficient (Wildman–Crippen LogP) is 2.08. The monoisotopic (exact) mass is 380 g/mol.